The number of hydrogen-bond acceptors (Lipinski definition) is 4. The maximum Gasteiger partial charge on any atom is 0.134 e. The third-order valence-electron chi connectivity index (χ3n) is 3.48. The molecule has 0 bridgehead atoms. The molecule has 0 amide bonds. The topological polar surface area (TPSA) is 37.8 Å². The number of nitrogens with zero attached hydrogens (tertiary/aromatic N) is 2. The lowest BCUT2D eigenvalue weighted by atomic mass is 10.1. The van der Waals surface area contributed by atoms with Gasteiger partial charge >= 0.3 is 0 Å². The van der Waals surface area contributed by atoms with E-state index in [-0.39, 0.29) is 0 Å². The van der Waals surface area contributed by atoms with Gasteiger partial charge in [-0.15, -0.1) is 11.3 Å². The predicted octanol–water partition coefficient (Wildman–Crippen LogP) is 3.53. The highest BCUT2D eigenvalue weighted by Gasteiger charge is 2.09. The van der Waals surface area contributed by atoms with Gasteiger partial charge in [-0.1, -0.05) is 19.9 Å². The van der Waals surface area contributed by atoms with Gasteiger partial charge < -0.3 is 5.32 Å². The second-order valence-corrected chi connectivity index (χ2v) is 6.93. The highest BCUT2D eigenvalue weighted by molar-refractivity contribution is 7.09. The summed E-state index contributed by atoms with van der Waals surface area (Å²) in [6, 6.07) is 4.22. The van der Waals surface area contributed by atoms with Gasteiger partial charge in [-0.05, 0) is 56.3 Å². The van der Waals surface area contributed by atoms with Crippen LogP contribution in [0.4, 0.5) is 0 Å². The number of rotatable bonds is 7. The van der Waals surface area contributed by atoms with E-state index in [1.54, 1.807) is 11.3 Å². The summed E-state index contributed by atoms with van der Waals surface area (Å²) >= 11 is 1.76. The molecule has 0 aromatic carbocycles. The Bertz CT molecular complexity index is 538. The molecule has 21 heavy (non-hydrogen) atoms. The first-order valence-corrected chi connectivity index (χ1v) is 8.50. The molecule has 114 valence electrons. The zero-order chi connectivity index (χ0) is 15.2. The summed E-state index contributed by atoms with van der Waals surface area (Å²) in [5.41, 5.74) is 3.54. The van der Waals surface area contributed by atoms with Crippen LogP contribution in [-0.4, -0.2) is 23.1 Å². The van der Waals surface area contributed by atoms with Crippen molar-refractivity contribution in [2.24, 2.45) is 5.92 Å². The summed E-state index contributed by atoms with van der Waals surface area (Å²) in [5, 5.41) is 5.59. The third-order valence-corrected chi connectivity index (χ3v) is 4.36. The quantitative estimate of drug-likeness (QED) is 0.795. The Labute approximate surface area is 131 Å². The fraction of sp³-hybridized carbons (Fsp3) is 0.529. The minimum atomic E-state index is 0.691. The van der Waals surface area contributed by atoms with E-state index >= 15 is 0 Å². The molecular weight excluding hydrogens is 278 g/mol. The van der Waals surface area contributed by atoms with Crippen LogP contribution in [0.15, 0.2) is 17.5 Å². The highest BCUT2D eigenvalue weighted by atomic mass is 32.1. The largest absolute Gasteiger partial charge is 0.316 e. The SMILES string of the molecule is Cc1nc(Cc2cccs2)nc(C)c1CCNCC(C)C. The molecule has 1 N–H and O–H groups in total. The molecule has 2 aromatic heterocycles. The van der Waals surface area contributed by atoms with Gasteiger partial charge in [0.25, 0.3) is 0 Å². The van der Waals surface area contributed by atoms with Crippen molar-refractivity contribution < 1.29 is 0 Å². The van der Waals surface area contributed by atoms with Crippen molar-refractivity contribution in [3.05, 3.63) is 45.2 Å². The normalized spacial score (nSPS) is 11.3. The van der Waals surface area contributed by atoms with Crippen molar-refractivity contribution in [1.82, 2.24) is 15.3 Å². The number of thiophene rings is 1. The predicted molar refractivity (Wildman–Crippen MR) is 90.0 cm³/mol. The Balaban J connectivity index is 1.99. The molecule has 0 aliphatic carbocycles. The summed E-state index contributed by atoms with van der Waals surface area (Å²) in [7, 11) is 0. The molecule has 0 aliphatic rings. The molecule has 0 unspecified atom stereocenters. The average Bonchev–Trinajstić information content (AvgIpc) is 2.89. The number of nitrogens with one attached hydrogen (secondary N) is 1. The van der Waals surface area contributed by atoms with Gasteiger partial charge in [-0.2, -0.15) is 0 Å². The first kappa shape index (κ1) is 16.1. The third kappa shape index (κ3) is 4.90. The van der Waals surface area contributed by atoms with Gasteiger partial charge in [0, 0.05) is 22.7 Å². The van der Waals surface area contributed by atoms with Crippen molar-refractivity contribution in [3.63, 3.8) is 0 Å². The van der Waals surface area contributed by atoms with Crippen molar-refractivity contribution in [2.75, 3.05) is 13.1 Å². The van der Waals surface area contributed by atoms with Crippen LogP contribution >= 0.6 is 11.3 Å². The zero-order valence-electron chi connectivity index (χ0n) is 13.4. The van der Waals surface area contributed by atoms with Crippen LogP contribution in [0.5, 0.6) is 0 Å². The Hall–Kier alpha value is -1.26. The second kappa shape index (κ2) is 7.66. The Morgan fingerprint density at radius 1 is 1.19 bits per heavy atom. The van der Waals surface area contributed by atoms with Gasteiger partial charge in [-0.3, -0.25) is 0 Å². The fourth-order valence-corrected chi connectivity index (χ4v) is 3.12. The van der Waals surface area contributed by atoms with Crippen LogP contribution < -0.4 is 5.32 Å². The molecule has 2 aromatic rings. The van der Waals surface area contributed by atoms with Crippen LogP contribution in [0.3, 0.4) is 0 Å². The van der Waals surface area contributed by atoms with Gasteiger partial charge in [-0.25, -0.2) is 9.97 Å². The van der Waals surface area contributed by atoms with Crippen LogP contribution in [0, 0.1) is 19.8 Å². The molecule has 0 radical (unpaired) electrons. The van der Waals surface area contributed by atoms with E-state index in [4.69, 9.17) is 9.97 Å². The molecule has 0 atom stereocenters. The van der Waals surface area contributed by atoms with Crippen molar-refractivity contribution in [1.29, 1.82) is 0 Å². The van der Waals surface area contributed by atoms with Crippen LogP contribution in [0.2, 0.25) is 0 Å². The second-order valence-electron chi connectivity index (χ2n) is 5.89. The van der Waals surface area contributed by atoms with Crippen molar-refractivity contribution in [2.45, 2.75) is 40.5 Å². The molecule has 2 heterocycles. The average molecular weight is 303 g/mol. The minimum Gasteiger partial charge on any atom is -0.316 e. The van der Waals surface area contributed by atoms with Crippen LogP contribution in [-0.2, 0) is 12.8 Å². The standard InChI is InChI=1S/C17H25N3S/c1-12(2)11-18-8-7-16-13(3)19-17(20-14(16)4)10-15-6-5-9-21-15/h5-6,9,12,18H,7-8,10-11H2,1-4H3. The summed E-state index contributed by atoms with van der Waals surface area (Å²) in [6.07, 6.45) is 1.84. The minimum absolute atomic E-state index is 0.691. The van der Waals surface area contributed by atoms with Crippen molar-refractivity contribution >= 4 is 11.3 Å². The van der Waals surface area contributed by atoms with Crippen LogP contribution in [0.25, 0.3) is 0 Å². The first-order valence-electron chi connectivity index (χ1n) is 7.62. The number of aryl methyl sites for hydroxylation is 2. The molecule has 0 saturated heterocycles. The molecule has 0 fully saturated rings. The van der Waals surface area contributed by atoms with E-state index in [1.165, 1.54) is 10.4 Å². The molecule has 0 saturated carbocycles. The summed E-state index contributed by atoms with van der Waals surface area (Å²) in [6.45, 7) is 10.7. The number of hydrogen-bond donors (Lipinski definition) is 1. The van der Waals surface area contributed by atoms with Gasteiger partial charge in [0.1, 0.15) is 5.82 Å². The zero-order valence-corrected chi connectivity index (χ0v) is 14.3. The molecule has 0 aliphatic heterocycles. The summed E-state index contributed by atoms with van der Waals surface area (Å²) in [4.78, 5) is 10.7. The van der Waals surface area contributed by atoms with E-state index in [9.17, 15) is 0 Å². The first-order chi connectivity index (χ1) is 10.1. The Morgan fingerprint density at radius 2 is 1.90 bits per heavy atom. The monoisotopic (exact) mass is 303 g/mol. The van der Waals surface area contributed by atoms with E-state index in [0.717, 1.165) is 43.1 Å². The molecule has 2 rings (SSSR count). The fourth-order valence-electron chi connectivity index (χ4n) is 2.42. The lowest BCUT2D eigenvalue weighted by Crippen LogP contribution is -2.23. The Kier molecular flexibility index (Phi) is 5.88. The van der Waals surface area contributed by atoms with E-state index in [0.29, 0.717) is 5.92 Å². The summed E-state index contributed by atoms with van der Waals surface area (Å²) in [5.74, 6) is 1.63. The smallest absolute Gasteiger partial charge is 0.134 e. The van der Waals surface area contributed by atoms with E-state index in [2.05, 4.69) is 50.5 Å². The van der Waals surface area contributed by atoms with Gasteiger partial charge in [0.2, 0.25) is 0 Å². The Morgan fingerprint density at radius 3 is 2.48 bits per heavy atom. The molecule has 0 spiro atoms. The maximum atomic E-state index is 4.69. The van der Waals surface area contributed by atoms with E-state index < -0.39 is 0 Å². The molecular formula is C17H25N3S. The van der Waals surface area contributed by atoms with Crippen LogP contribution in [0.1, 0.15) is 41.5 Å². The van der Waals surface area contributed by atoms with Gasteiger partial charge in [0.05, 0.1) is 0 Å². The van der Waals surface area contributed by atoms with E-state index in [1.807, 2.05) is 0 Å². The lowest BCUT2D eigenvalue weighted by Gasteiger charge is -2.12. The lowest BCUT2D eigenvalue weighted by molar-refractivity contribution is 0.553. The van der Waals surface area contributed by atoms with Gasteiger partial charge in [0.15, 0.2) is 0 Å². The molecule has 4 heteroatoms. The van der Waals surface area contributed by atoms with Crippen molar-refractivity contribution in [3.8, 4) is 0 Å². The molecule has 3 nitrogen and oxygen atoms in total. The maximum absolute atomic E-state index is 4.69. The number of aromatic nitrogens is 2. The highest BCUT2D eigenvalue weighted by Crippen LogP contribution is 2.16. The summed E-state index contributed by atoms with van der Waals surface area (Å²) < 4.78 is 0.